The van der Waals surface area contributed by atoms with Gasteiger partial charge in [-0.25, -0.2) is 9.37 Å². The Morgan fingerprint density at radius 3 is 2.60 bits per heavy atom. The van der Waals surface area contributed by atoms with Gasteiger partial charge in [-0.1, -0.05) is 31.2 Å². The summed E-state index contributed by atoms with van der Waals surface area (Å²) in [6.07, 6.45) is 0.547. The van der Waals surface area contributed by atoms with Gasteiger partial charge in [0.05, 0.1) is 10.9 Å². The van der Waals surface area contributed by atoms with Crippen LogP contribution in [0.5, 0.6) is 0 Å². The molecule has 0 unspecified atom stereocenters. The second-order valence-corrected chi connectivity index (χ2v) is 5.69. The molecule has 25 heavy (non-hydrogen) atoms. The van der Waals surface area contributed by atoms with Crippen molar-refractivity contribution < 1.29 is 9.18 Å². The second kappa shape index (κ2) is 7.25. The van der Waals surface area contributed by atoms with Crippen molar-refractivity contribution in [2.45, 2.75) is 26.4 Å². The van der Waals surface area contributed by atoms with E-state index < -0.39 is 0 Å². The number of hydrogen-bond acceptors (Lipinski definition) is 3. The predicted molar refractivity (Wildman–Crippen MR) is 93.6 cm³/mol. The van der Waals surface area contributed by atoms with Crippen LogP contribution >= 0.6 is 0 Å². The zero-order chi connectivity index (χ0) is 17.8. The molecule has 1 aromatic heterocycles. The number of hydrogen-bond donors (Lipinski definition) is 1. The van der Waals surface area contributed by atoms with Crippen LogP contribution in [-0.4, -0.2) is 15.5 Å². The summed E-state index contributed by atoms with van der Waals surface area (Å²) in [6.45, 7) is 2.07. The lowest BCUT2D eigenvalue weighted by atomic mass is 10.2. The SMILES string of the molecule is CCc1nc2ccccc2c(=O)n1CC(=O)NCc1ccc(F)cc1. The second-order valence-electron chi connectivity index (χ2n) is 5.69. The number of carbonyl (C=O) groups excluding carboxylic acids is 1. The summed E-state index contributed by atoms with van der Waals surface area (Å²) in [5.41, 5.74) is 1.20. The van der Waals surface area contributed by atoms with E-state index in [1.165, 1.54) is 16.7 Å². The molecule has 6 heteroatoms. The molecular weight excluding hydrogens is 321 g/mol. The van der Waals surface area contributed by atoms with Gasteiger partial charge in [0.2, 0.25) is 5.91 Å². The van der Waals surface area contributed by atoms with Crippen LogP contribution in [0.3, 0.4) is 0 Å². The highest BCUT2D eigenvalue weighted by Crippen LogP contribution is 2.08. The summed E-state index contributed by atoms with van der Waals surface area (Å²) >= 11 is 0. The summed E-state index contributed by atoms with van der Waals surface area (Å²) in [4.78, 5) is 29.4. The van der Waals surface area contributed by atoms with Gasteiger partial charge in [0.1, 0.15) is 18.2 Å². The molecule has 3 rings (SSSR count). The Morgan fingerprint density at radius 1 is 1.16 bits per heavy atom. The Bertz CT molecular complexity index is 965. The first kappa shape index (κ1) is 16.8. The van der Waals surface area contributed by atoms with Crippen LogP contribution < -0.4 is 10.9 Å². The van der Waals surface area contributed by atoms with Crippen LogP contribution in [-0.2, 0) is 24.3 Å². The van der Waals surface area contributed by atoms with Gasteiger partial charge < -0.3 is 5.32 Å². The molecule has 2 aromatic carbocycles. The first-order chi connectivity index (χ1) is 12.1. The Balaban J connectivity index is 1.79. The number of aromatic nitrogens is 2. The third-order valence-corrected chi connectivity index (χ3v) is 3.96. The number of rotatable bonds is 5. The van der Waals surface area contributed by atoms with E-state index in [4.69, 9.17) is 0 Å². The first-order valence-electron chi connectivity index (χ1n) is 8.08. The molecule has 1 amide bonds. The van der Waals surface area contributed by atoms with Crippen LogP contribution in [0, 0.1) is 5.82 Å². The van der Waals surface area contributed by atoms with Gasteiger partial charge in [-0.3, -0.25) is 14.2 Å². The number of benzene rings is 2. The van der Waals surface area contributed by atoms with Gasteiger partial charge in [-0.15, -0.1) is 0 Å². The predicted octanol–water partition coefficient (Wildman–Crippen LogP) is 2.41. The number of aryl methyl sites for hydroxylation is 1. The van der Waals surface area contributed by atoms with E-state index in [-0.39, 0.29) is 30.4 Å². The summed E-state index contributed by atoms with van der Waals surface area (Å²) in [5, 5.41) is 3.24. The van der Waals surface area contributed by atoms with Crippen LogP contribution in [0.1, 0.15) is 18.3 Å². The van der Waals surface area contributed by atoms with Gasteiger partial charge >= 0.3 is 0 Å². The molecule has 0 radical (unpaired) electrons. The normalized spacial score (nSPS) is 10.8. The fourth-order valence-corrected chi connectivity index (χ4v) is 2.65. The number of fused-ring (bicyclic) bond motifs is 1. The third kappa shape index (κ3) is 3.74. The van der Waals surface area contributed by atoms with Crippen molar-refractivity contribution >= 4 is 16.8 Å². The zero-order valence-electron chi connectivity index (χ0n) is 13.8. The number of nitrogens with zero attached hydrogens (tertiary/aromatic N) is 2. The standard InChI is InChI=1S/C19H18FN3O2/c1-2-17-22-16-6-4-3-5-15(16)19(25)23(17)12-18(24)21-11-13-7-9-14(20)10-8-13/h3-10H,2,11-12H2,1H3,(H,21,24). The van der Waals surface area contributed by atoms with E-state index in [2.05, 4.69) is 10.3 Å². The highest BCUT2D eigenvalue weighted by Gasteiger charge is 2.12. The summed E-state index contributed by atoms with van der Waals surface area (Å²) < 4.78 is 14.3. The van der Waals surface area contributed by atoms with E-state index in [0.29, 0.717) is 23.1 Å². The number of nitrogens with one attached hydrogen (secondary N) is 1. The average Bonchev–Trinajstić information content (AvgIpc) is 2.63. The number of carbonyl (C=O) groups is 1. The summed E-state index contributed by atoms with van der Waals surface area (Å²) in [5.74, 6) is -0.0460. The summed E-state index contributed by atoms with van der Waals surface area (Å²) in [6, 6.07) is 13.0. The Kier molecular flexibility index (Phi) is 4.88. The maximum atomic E-state index is 12.9. The van der Waals surface area contributed by atoms with Crippen molar-refractivity contribution in [3.8, 4) is 0 Å². The first-order valence-corrected chi connectivity index (χ1v) is 8.08. The van der Waals surface area contributed by atoms with Gasteiger partial charge in [0.15, 0.2) is 0 Å². The van der Waals surface area contributed by atoms with Crippen molar-refractivity contribution in [1.82, 2.24) is 14.9 Å². The quantitative estimate of drug-likeness (QED) is 0.776. The Labute approximate surface area is 144 Å². The van der Waals surface area contributed by atoms with Crippen molar-refractivity contribution in [3.05, 3.63) is 76.1 Å². The zero-order valence-corrected chi connectivity index (χ0v) is 13.8. The van der Waals surface area contributed by atoms with E-state index in [9.17, 15) is 14.0 Å². The lowest BCUT2D eigenvalue weighted by molar-refractivity contribution is -0.121. The maximum absolute atomic E-state index is 12.9. The maximum Gasteiger partial charge on any atom is 0.261 e. The molecule has 5 nitrogen and oxygen atoms in total. The minimum Gasteiger partial charge on any atom is -0.350 e. The van der Waals surface area contributed by atoms with Crippen LogP contribution in [0.15, 0.2) is 53.3 Å². The molecule has 1 heterocycles. The number of halogens is 1. The molecule has 0 atom stereocenters. The molecule has 0 aliphatic rings. The molecular formula is C19H18FN3O2. The van der Waals surface area contributed by atoms with Gasteiger partial charge in [0, 0.05) is 13.0 Å². The number of para-hydroxylation sites is 1. The minimum absolute atomic E-state index is 0.0962. The smallest absolute Gasteiger partial charge is 0.261 e. The molecule has 0 saturated carbocycles. The van der Waals surface area contributed by atoms with Crippen LogP contribution in [0.2, 0.25) is 0 Å². The number of amides is 1. The highest BCUT2D eigenvalue weighted by molar-refractivity contribution is 5.79. The summed E-state index contributed by atoms with van der Waals surface area (Å²) in [7, 11) is 0. The average molecular weight is 339 g/mol. The molecule has 0 saturated heterocycles. The molecule has 3 aromatic rings. The van der Waals surface area contributed by atoms with E-state index in [1.807, 2.05) is 13.0 Å². The molecule has 0 bridgehead atoms. The van der Waals surface area contributed by atoms with Gasteiger partial charge in [0.25, 0.3) is 5.56 Å². The Morgan fingerprint density at radius 2 is 1.88 bits per heavy atom. The molecule has 128 valence electrons. The fourth-order valence-electron chi connectivity index (χ4n) is 2.65. The fraction of sp³-hybridized carbons (Fsp3) is 0.211. The monoisotopic (exact) mass is 339 g/mol. The largest absolute Gasteiger partial charge is 0.350 e. The molecule has 1 N–H and O–H groups in total. The van der Waals surface area contributed by atoms with Gasteiger partial charge in [-0.05, 0) is 29.8 Å². The van der Waals surface area contributed by atoms with Crippen molar-refractivity contribution in [3.63, 3.8) is 0 Å². The molecule has 0 aliphatic carbocycles. The van der Waals surface area contributed by atoms with Crippen LogP contribution in [0.25, 0.3) is 10.9 Å². The highest BCUT2D eigenvalue weighted by atomic mass is 19.1. The van der Waals surface area contributed by atoms with Crippen LogP contribution in [0.4, 0.5) is 4.39 Å². The minimum atomic E-state index is -0.323. The lowest BCUT2D eigenvalue weighted by Crippen LogP contribution is -2.34. The third-order valence-electron chi connectivity index (χ3n) is 3.96. The van der Waals surface area contributed by atoms with E-state index >= 15 is 0 Å². The topological polar surface area (TPSA) is 64.0 Å². The van der Waals surface area contributed by atoms with Crippen molar-refractivity contribution in [1.29, 1.82) is 0 Å². The lowest BCUT2D eigenvalue weighted by Gasteiger charge is -2.12. The van der Waals surface area contributed by atoms with E-state index in [1.54, 1.807) is 30.3 Å². The molecule has 0 spiro atoms. The van der Waals surface area contributed by atoms with Gasteiger partial charge in [-0.2, -0.15) is 0 Å². The molecule has 0 aliphatic heterocycles. The Hall–Kier alpha value is -3.02. The molecule has 0 fully saturated rings. The van der Waals surface area contributed by atoms with Crippen molar-refractivity contribution in [2.75, 3.05) is 0 Å². The van der Waals surface area contributed by atoms with E-state index in [0.717, 1.165) is 5.56 Å². The van der Waals surface area contributed by atoms with Crippen molar-refractivity contribution in [2.24, 2.45) is 0 Å².